The first kappa shape index (κ1) is 19.1. The third-order valence-electron chi connectivity index (χ3n) is 4.19. The van der Waals surface area contributed by atoms with Gasteiger partial charge in [-0.2, -0.15) is 0 Å². The lowest BCUT2D eigenvalue weighted by molar-refractivity contribution is 0.0939. The number of ketones is 1. The first-order valence-electron chi connectivity index (χ1n) is 8.06. The monoisotopic (exact) mass is 362 g/mol. The quantitative estimate of drug-likeness (QED) is 0.804. The van der Waals surface area contributed by atoms with E-state index in [0.29, 0.717) is 23.2 Å². The molecule has 0 aromatic heterocycles. The summed E-state index contributed by atoms with van der Waals surface area (Å²) in [6.07, 6.45) is 2.15. The summed E-state index contributed by atoms with van der Waals surface area (Å²) < 4.78 is 13.0. The smallest absolute Gasteiger partial charge is 0.252 e. The number of rotatable bonds is 5. The largest absolute Gasteiger partial charge is 0.350 e. The van der Waals surface area contributed by atoms with E-state index in [4.69, 9.17) is 0 Å². The minimum absolute atomic E-state index is 0. The number of benzene rings is 2. The molecule has 1 atom stereocenters. The topological polar surface area (TPSA) is 58.2 Å². The zero-order valence-corrected chi connectivity index (χ0v) is 14.4. The van der Waals surface area contributed by atoms with Gasteiger partial charge in [0.1, 0.15) is 5.82 Å². The highest BCUT2D eigenvalue weighted by atomic mass is 35.5. The Balaban J connectivity index is 0.00000225. The molecule has 0 radical (unpaired) electrons. The van der Waals surface area contributed by atoms with Crippen LogP contribution >= 0.6 is 12.4 Å². The van der Waals surface area contributed by atoms with Gasteiger partial charge >= 0.3 is 0 Å². The van der Waals surface area contributed by atoms with E-state index in [0.717, 1.165) is 19.4 Å². The molecule has 1 aliphatic heterocycles. The summed E-state index contributed by atoms with van der Waals surface area (Å²) in [5.41, 5.74) is 1.01. The molecule has 0 spiro atoms. The van der Waals surface area contributed by atoms with Crippen molar-refractivity contribution in [2.24, 2.45) is 0 Å². The Morgan fingerprint density at radius 2 is 1.76 bits per heavy atom. The highest BCUT2D eigenvalue weighted by Gasteiger charge is 2.20. The maximum atomic E-state index is 13.0. The van der Waals surface area contributed by atoms with Crippen molar-refractivity contribution in [2.75, 3.05) is 13.1 Å². The molecule has 25 heavy (non-hydrogen) atoms. The van der Waals surface area contributed by atoms with Crippen LogP contribution < -0.4 is 10.6 Å². The van der Waals surface area contributed by atoms with Crippen molar-refractivity contribution in [3.63, 3.8) is 0 Å². The van der Waals surface area contributed by atoms with Crippen LogP contribution in [0.25, 0.3) is 0 Å². The van der Waals surface area contributed by atoms with Crippen molar-refractivity contribution in [2.45, 2.75) is 18.9 Å². The third kappa shape index (κ3) is 4.65. The summed E-state index contributed by atoms with van der Waals surface area (Å²) >= 11 is 0. The van der Waals surface area contributed by atoms with Gasteiger partial charge < -0.3 is 10.6 Å². The molecule has 2 N–H and O–H groups in total. The lowest BCUT2D eigenvalue weighted by Gasteiger charge is -2.13. The molecule has 4 nitrogen and oxygen atoms in total. The van der Waals surface area contributed by atoms with Gasteiger partial charge in [-0.15, -0.1) is 12.4 Å². The van der Waals surface area contributed by atoms with Crippen molar-refractivity contribution in [1.82, 2.24) is 10.6 Å². The molecule has 0 saturated carbocycles. The van der Waals surface area contributed by atoms with Gasteiger partial charge in [0.25, 0.3) is 5.91 Å². The van der Waals surface area contributed by atoms with E-state index in [1.807, 2.05) is 0 Å². The second kappa shape index (κ2) is 8.74. The van der Waals surface area contributed by atoms with Gasteiger partial charge in [0, 0.05) is 23.7 Å². The average Bonchev–Trinajstić information content (AvgIpc) is 3.13. The fourth-order valence-corrected chi connectivity index (χ4v) is 2.88. The number of hydrogen-bond donors (Lipinski definition) is 2. The molecule has 1 unspecified atom stereocenters. The second-order valence-electron chi connectivity index (χ2n) is 5.88. The summed E-state index contributed by atoms with van der Waals surface area (Å²) in [7, 11) is 0. The number of nitrogens with one attached hydrogen (secondary N) is 2. The molecular weight excluding hydrogens is 343 g/mol. The van der Waals surface area contributed by atoms with E-state index in [1.54, 1.807) is 24.3 Å². The van der Waals surface area contributed by atoms with E-state index in [1.165, 1.54) is 24.3 Å². The van der Waals surface area contributed by atoms with Crippen LogP contribution in [0.5, 0.6) is 0 Å². The molecule has 1 aliphatic rings. The van der Waals surface area contributed by atoms with Crippen molar-refractivity contribution in [3.05, 3.63) is 71.0 Å². The van der Waals surface area contributed by atoms with Gasteiger partial charge in [0.05, 0.1) is 5.56 Å². The summed E-state index contributed by atoms with van der Waals surface area (Å²) in [5.74, 6) is -0.962. The highest BCUT2D eigenvalue weighted by Crippen LogP contribution is 2.15. The minimum atomic E-state index is -0.401. The second-order valence-corrected chi connectivity index (χ2v) is 5.88. The summed E-state index contributed by atoms with van der Waals surface area (Å²) in [5, 5.41) is 6.20. The molecule has 0 aliphatic carbocycles. The van der Waals surface area contributed by atoms with Crippen LogP contribution in [0.1, 0.15) is 39.1 Å². The molecule has 0 bridgehead atoms. The van der Waals surface area contributed by atoms with Crippen LogP contribution in [-0.4, -0.2) is 30.8 Å². The van der Waals surface area contributed by atoms with Crippen molar-refractivity contribution < 1.29 is 14.0 Å². The van der Waals surface area contributed by atoms with Gasteiger partial charge in [0.2, 0.25) is 0 Å². The lowest BCUT2D eigenvalue weighted by Crippen LogP contribution is -2.37. The van der Waals surface area contributed by atoms with Gasteiger partial charge in [-0.1, -0.05) is 18.2 Å². The first-order valence-corrected chi connectivity index (χ1v) is 8.06. The third-order valence-corrected chi connectivity index (χ3v) is 4.19. The van der Waals surface area contributed by atoms with Crippen molar-refractivity contribution >= 4 is 24.1 Å². The predicted octanol–water partition coefficient (Wildman–Crippen LogP) is 2.96. The minimum Gasteiger partial charge on any atom is -0.350 e. The van der Waals surface area contributed by atoms with Crippen molar-refractivity contribution in [1.29, 1.82) is 0 Å². The molecule has 1 saturated heterocycles. The van der Waals surface area contributed by atoms with E-state index in [9.17, 15) is 14.0 Å². The summed E-state index contributed by atoms with van der Waals surface area (Å²) in [6.45, 7) is 1.51. The number of halogens is 2. The summed E-state index contributed by atoms with van der Waals surface area (Å²) in [4.78, 5) is 25.1. The highest BCUT2D eigenvalue weighted by molar-refractivity contribution is 6.15. The molecule has 3 rings (SSSR count). The first-order chi connectivity index (χ1) is 11.6. The van der Waals surface area contributed by atoms with E-state index in [-0.39, 0.29) is 30.1 Å². The van der Waals surface area contributed by atoms with Gasteiger partial charge in [-0.25, -0.2) is 4.39 Å². The summed E-state index contributed by atoms with van der Waals surface area (Å²) in [6, 6.07) is 12.3. The molecule has 6 heteroatoms. The molecule has 2 aromatic carbocycles. The Hall–Kier alpha value is -2.24. The van der Waals surface area contributed by atoms with Gasteiger partial charge in [0.15, 0.2) is 5.78 Å². The Morgan fingerprint density at radius 3 is 2.40 bits per heavy atom. The van der Waals surface area contributed by atoms with Crippen LogP contribution in [-0.2, 0) is 0 Å². The SMILES string of the molecule is Cl.O=C(NCC1CCCN1)c1ccccc1C(=O)c1ccc(F)cc1. The van der Waals surface area contributed by atoms with Crippen LogP contribution in [0.3, 0.4) is 0 Å². The standard InChI is InChI=1S/C19H19FN2O2.ClH/c20-14-9-7-13(8-10-14)18(23)16-5-1-2-6-17(16)19(24)22-12-15-4-3-11-21-15;/h1-2,5-10,15,21H,3-4,11-12H2,(H,22,24);1H. The number of hydrogen-bond acceptors (Lipinski definition) is 3. The molecule has 1 heterocycles. The molecule has 1 amide bonds. The predicted molar refractivity (Wildman–Crippen MR) is 96.9 cm³/mol. The van der Waals surface area contributed by atoms with Gasteiger partial charge in [-0.05, 0) is 49.7 Å². The number of amides is 1. The van der Waals surface area contributed by atoms with Gasteiger partial charge in [-0.3, -0.25) is 9.59 Å². The van der Waals surface area contributed by atoms with Crippen LogP contribution in [0.2, 0.25) is 0 Å². The van der Waals surface area contributed by atoms with E-state index >= 15 is 0 Å². The lowest BCUT2D eigenvalue weighted by atomic mass is 9.98. The Labute approximate surface area is 152 Å². The number of carbonyl (C=O) groups excluding carboxylic acids is 2. The van der Waals surface area contributed by atoms with E-state index < -0.39 is 5.82 Å². The number of carbonyl (C=O) groups is 2. The average molecular weight is 363 g/mol. The Morgan fingerprint density at radius 1 is 1.08 bits per heavy atom. The maximum Gasteiger partial charge on any atom is 0.252 e. The van der Waals surface area contributed by atoms with Crippen LogP contribution in [0.15, 0.2) is 48.5 Å². The normalized spacial score (nSPS) is 16.1. The molecular formula is C19H20ClFN2O2. The van der Waals surface area contributed by atoms with Crippen molar-refractivity contribution in [3.8, 4) is 0 Å². The van der Waals surface area contributed by atoms with Crippen LogP contribution in [0, 0.1) is 5.82 Å². The molecule has 2 aromatic rings. The Bertz CT molecular complexity index is 743. The molecule has 132 valence electrons. The fraction of sp³-hybridized carbons (Fsp3) is 0.263. The Kier molecular flexibility index (Phi) is 6.67. The van der Waals surface area contributed by atoms with E-state index in [2.05, 4.69) is 10.6 Å². The van der Waals surface area contributed by atoms with Crippen LogP contribution in [0.4, 0.5) is 4.39 Å². The maximum absolute atomic E-state index is 13.0. The zero-order chi connectivity index (χ0) is 16.9. The molecule has 1 fully saturated rings. The zero-order valence-electron chi connectivity index (χ0n) is 13.6. The fourth-order valence-electron chi connectivity index (χ4n) is 2.88.